The average Bonchev–Trinajstić information content (AvgIpc) is 2.49. The maximum absolute atomic E-state index is 4.39. The van der Waals surface area contributed by atoms with Gasteiger partial charge in [-0.25, -0.2) is 0 Å². The Kier molecular flexibility index (Phi) is 8.43. The van der Waals surface area contributed by atoms with E-state index in [9.17, 15) is 0 Å². The van der Waals surface area contributed by atoms with Crippen molar-refractivity contribution in [1.82, 2.24) is 0 Å². The number of unbranched alkanes of at least 4 members (excludes halogenated alkanes) is 1. The smallest absolute Gasteiger partial charge is 0.00848 e. The molecule has 0 amide bonds. The highest BCUT2D eigenvalue weighted by Crippen LogP contribution is 2.33. The molecule has 0 aromatic heterocycles. The van der Waals surface area contributed by atoms with Crippen LogP contribution in [0.25, 0.3) is 6.08 Å². The zero-order chi connectivity index (χ0) is 16.5. The average molecular weight is 314 g/mol. The normalized spacial score (nSPS) is 13.1. The first-order valence-corrected chi connectivity index (χ1v) is 9.96. The van der Waals surface area contributed by atoms with E-state index in [-0.39, 0.29) is 0 Å². The molecule has 0 saturated carbocycles. The molecule has 1 heteroatoms. The molecule has 0 radical (unpaired) electrons. The predicted octanol–water partition coefficient (Wildman–Crippen LogP) is 6.72. The maximum atomic E-state index is 4.39. The Morgan fingerprint density at radius 1 is 1.32 bits per heavy atom. The van der Waals surface area contributed by atoms with Crippen LogP contribution in [0, 0.1) is 6.92 Å². The first-order chi connectivity index (χ1) is 10.5. The lowest BCUT2D eigenvalue weighted by Crippen LogP contribution is -2.07. The van der Waals surface area contributed by atoms with Crippen molar-refractivity contribution in [2.45, 2.75) is 46.0 Å². The summed E-state index contributed by atoms with van der Waals surface area (Å²) in [5, 5.41) is 0. The van der Waals surface area contributed by atoms with Crippen molar-refractivity contribution in [3.05, 3.63) is 65.3 Å². The van der Waals surface area contributed by atoms with Crippen molar-refractivity contribution in [3.63, 3.8) is 0 Å². The fraction of sp³-hybridized carbons (Fsp3) is 0.429. The van der Waals surface area contributed by atoms with Gasteiger partial charge in [-0.3, -0.25) is 0 Å². The molecule has 1 aromatic carbocycles. The second-order valence-corrected chi connectivity index (χ2v) is 7.28. The zero-order valence-electron chi connectivity index (χ0n) is 14.7. The highest BCUT2D eigenvalue weighted by atomic mass is 31.1. The van der Waals surface area contributed by atoms with Crippen LogP contribution in [0.1, 0.15) is 55.7 Å². The minimum Gasteiger partial charge on any atom is -0.124 e. The molecule has 0 heterocycles. The van der Waals surface area contributed by atoms with Gasteiger partial charge >= 0.3 is 0 Å². The summed E-state index contributed by atoms with van der Waals surface area (Å²) in [4.78, 5) is 0. The molecule has 0 aliphatic carbocycles. The van der Waals surface area contributed by atoms with Crippen LogP contribution in [0.3, 0.4) is 0 Å². The van der Waals surface area contributed by atoms with E-state index in [0.29, 0.717) is 5.92 Å². The molecular formula is C21H31P. The summed E-state index contributed by atoms with van der Waals surface area (Å²) in [5.41, 5.74) is 6.58. The summed E-state index contributed by atoms with van der Waals surface area (Å²) in [6.07, 6.45) is 9.08. The Bertz CT molecular complexity index is 537. The predicted molar refractivity (Wildman–Crippen MR) is 106 cm³/mol. The highest BCUT2D eigenvalue weighted by Gasteiger charge is 2.16. The van der Waals surface area contributed by atoms with Gasteiger partial charge in [0.1, 0.15) is 0 Å². The van der Waals surface area contributed by atoms with Gasteiger partial charge in [-0.05, 0) is 56.2 Å². The number of rotatable bonds is 9. The molecule has 1 aromatic rings. The number of hydrogen-bond donors (Lipinski definition) is 0. The van der Waals surface area contributed by atoms with Crippen LogP contribution < -0.4 is 0 Å². The molecule has 2 atom stereocenters. The Balaban J connectivity index is 3.00. The Morgan fingerprint density at radius 3 is 2.59 bits per heavy atom. The monoisotopic (exact) mass is 314 g/mol. The summed E-state index contributed by atoms with van der Waals surface area (Å²) in [6, 6.07) is 6.81. The molecule has 0 saturated heterocycles. The van der Waals surface area contributed by atoms with Gasteiger partial charge in [-0.1, -0.05) is 68.0 Å². The molecule has 120 valence electrons. The third-order valence-electron chi connectivity index (χ3n) is 3.98. The molecule has 22 heavy (non-hydrogen) atoms. The van der Waals surface area contributed by atoms with E-state index in [1.807, 2.05) is 6.92 Å². The largest absolute Gasteiger partial charge is 0.124 e. The lowest BCUT2D eigenvalue weighted by Gasteiger charge is -2.22. The summed E-state index contributed by atoms with van der Waals surface area (Å²) in [6.45, 7) is 17.1. The molecule has 0 N–H and O–H groups in total. The van der Waals surface area contributed by atoms with E-state index < -0.39 is 0 Å². The molecule has 0 aliphatic heterocycles. The number of benzene rings is 1. The SMILES string of the molecule is C=C(C)/C=C/c1ccc(C(CPC)C(=C)CCCC)c(C)c1. The van der Waals surface area contributed by atoms with Crippen molar-refractivity contribution in [1.29, 1.82) is 0 Å². The first kappa shape index (κ1) is 18.9. The fourth-order valence-corrected chi connectivity index (χ4v) is 3.61. The topological polar surface area (TPSA) is 0 Å². The first-order valence-electron chi connectivity index (χ1n) is 8.26. The number of aryl methyl sites for hydroxylation is 1. The summed E-state index contributed by atoms with van der Waals surface area (Å²) < 4.78 is 0. The van der Waals surface area contributed by atoms with Gasteiger partial charge in [0.25, 0.3) is 0 Å². The number of allylic oxidation sites excluding steroid dienone is 3. The quantitative estimate of drug-likeness (QED) is 0.269. The molecule has 0 bridgehead atoms. The molecule has 0 aliphatic rings. The lowest BCUT2D eigenvalue weighted by atomic mass is 9.87. The van der Waals surface area contributed by atoms with Gasteiger partial charge in [-0.2, -0.15) is 0 Å². The maximum Gasteiger partial charge on any atom is 0.00848 e. The van der Waals surface area contributed by atoms with Crippen LogP contribution in [-0.2, 0) is 0 Å². The van der Waals surface area contributed by atoms with Gasteiger partial charge < -0.3 is 0 Å². The van der Waals surface area contributed by atoms with E-state index >= 15 is 0 Å². The van der Waals surface area contributed by atoms with Crippen molar-refractivity contribution in [2.75, 3.05) is 12.8 Å². The van der Waals surface area contributed by atoms with Crippen LogP contribution in [0.15, 0.2) is 48.6 Å². The van der Waals surface area contributed by atoms with Crippen LogP contribution >= 0.6 is 8.58 Å². The molecule has 0 fully saturated rings. The third kappa shape index (κ3) is 5.93. The van der Waals surface area contributed by atoms with E-state index in [4.69, 9.17) is 0 Å². The van der Waals surface area contributed by atoms with Gasteiger partial charge in [0.2, 0.25) is 0 Å². The van der Waals surface area contributed by atoms with Crippen LogP contribution in [-0.4, -0.2) is 12.8 Å². The highest BCUT2D eigenvalue weighted by molar-refractivity contribution is 7.37. The zero-order valence-corrected chi connectivity index (χ0v) is 15.7. The fourth-order valence-electron chi connectivity index (χ4n) is 2.69. The molecule has 0 spiro atoms. The molecule has 0 nitrogen and oxygen atoms in total. The lowest BCUT2D eigenvalue weighted by molar-refractivity contribution is 0.733. The van der Waals surface area contributed by atoms with Gasteiger partial charge in [0.15, 0.2) is 0 Å². The summed E-state index contributed by atoms with van der Waals surface area (Å²) in [7, 11) is 0.966. The number of hydrogen-bond acceptors (Lipinski definition) is 0. The van der Waals surface area contributed by atoms with Crippen molar-refractivity contribution in [2.24, 2.45) is 0 Å². The van der Waals surface area contributed by atoms with Crippen LogP contribution in [0.2, 0.25) is 0 Å². The summed E-state index contributed by atoms with van der Waals surface area (Å²) in [5.74, 6) is 0.522. The molecule has 2 unspecified atom stereocenters. The Labute approximate surface area is 139 Å². The van der Waals surface area contributed by atoms with Crippen molar-refractivity contribution < 1.29 is 0 Å². The van der Waals surface area contributed by atoms with Gasteiger partial charge in [0, 0.05) is 5.92 Å². The van der Waals surface area contributed by atoms with E-state index in [0.717, 1.165) is 20.6 Å². The summed E-state index contributed by atoms with van der Waals surface area (Å²) >= 11 is 0. The van der Waals surface area contributed by atoms with Crippen LogP contribution in [0.5, 0.6) is 0 Å². The second-order valence-electron chi connectivity index (χ2n) is 6.17. The molecular weight excluding hydrogens is 283 g/mol. The molecule has 1 rings (SSSR count). The van der Waals surface area contributed by atoms with E-state index in [1.54, 1.807) is 0 Å². The van der Waals surface area contributed by atoms with Crippen LogP contribution in [0.4, 0.5) is 0 Å². The second kappa shape index (κ2) is 9.80. The van der Waals surface area contributed by atoms with Gasteiger partial charge in [-0.15, -0.1) is 8.58 Å². The minimum absolute atomic E-state index is 0.522. The van der Waals surface area contributed by atoms with Gasteiger partial charge in [0.05, 0.1) is 0 Å². The van der Waals surface area contributed by atoms with E-state index in [1.165, 1.54) is 41.3 Å². The third-order valence-corrected chi connectivity index (χ3v) is 4.80. The Hall–Kier alpha value is -1.13. The van der Waals surface area contributed by atoms with Crippen molar-refractivity contribution >= 4 is 14.7 Å². The standard InChI is InChI=1S/C21H31P/c1-7-8-9-17(4)21(15-22-6)20-13-12-19(14-18(20)5)11-10-16(2)3/h10-14,21-22H,2,4,7-9,15H2,1,3,5-6H3/b11-10+. The Morgan fingerprint density at radius 2 is 2.05 bits per heavy atom. The van der Waals surface area contributed by atoms with E-state index in [2.05, 4.69) is 64.0 Å². The van der Waals surface area contributed by atoms with Crippen molar-refractivity contribution in [3.8, 4) is 0 Å². The minimum atomic E-state index is 0.522.